The van der Waals surface area contributed by atoms with Gasteiger partial charge in [0, 0.05) is 22.8 Å². The molecule has 3 N–H and O–H groups in total. The Balaban J connectivity index is 2.65. The van der Waals surface area contributed by atoms with Crippen LogP contribution in [0, 0.1) is 0 Å². The second kappa shape index (κ2) is 4.29. The molecular weight excluding hydrogens is 220 g/mol. The quantitative estimate of drug-likeness (QED) is 0.603. The molecule has 0 unspecified atom stereocenters. The number of pyridine rings is 1. The maximum Gasteiger partial charge on any atom is 0.343 e. The fourth-order valence-corrected chi connectivity index (χ4v) is 1.60. The topological polar surface area (TPSA) is 85.2 Å². The predicted molar refractivity (Wildman–Crippen MR) is 64.9 cm³/mol. The molecule has 0 saturated heterocycles. The number of anilines is 1. The predicted octanol–water partition coefficient (Wildman–Crippen LogP) is 1.29. The van der Waals surface area contributed by atoms with E-state index in [1.54, 1.807) is 19.1 Å². The van der Waals surface area contributed by atoms with Gasteiger partial charge < -0.3 is 15.5 Å². The number of fused-ring (bicyclic) bond motifs is 1. The minimum Gasteiger partial charge on any atom is -0.462 e. The third-order valence-electron chi connectivity index (χ3n) is 2.40. The van der Waals surface area contributed by atoms with Gasteiger partial charge in [-0.3, -0.25) is 4.79 Å². The van der Waals surface area contributed by atoms with Gasteiger partial charge in [-0.2, -0.15) is 0 Å². The largest absolute Gasteiger partial charge is 0.462 e. The molecule has 1 aromatic carbocycles. The fourth-order valence-electron chi connectivity index (χ4n) is 1.60. The molecule has 17 heavy (non-hydrogen) atoms. The lowest BCUT2D eigenvalue weighted by Gasteiger charge is -2.03. The highest BCUT2D eigenvalue weighted by molar-refractivity contribution is 5.94. The molecular formula is C12H12N2O3. The minimum absolute atomic E-state index is 0.00931. The molecule has 0 amide bonds. The summed E-state index contributed by atoms with van der Waals surface area (Å²) >= 11 is 0. The first-order valence-corrected chi connectivity index (χ1v) is 5.21. The summed E-state index contributed by atoms with van der Waals surface area (Å²) in [4.78, 5) is 26.4. The van der Waals surface area contributed by atoms with Gasteiger partial charge in [0.05, 0.1) is 6.61 Å². The molecule has 0 saturated carbocycles. The second-order valence-corrected chi connectivity index (χ2v) is 3.56. The average molecular weight is 232 g/mol. The lowest BCUT2D eigenvalue weighted by Crippen LogP contribution is -2.18. The van der Waals surface area contributed by atoms with E-state index in [1.807, 2.05) is 0 Å². The molecule has 0 fully saturated rings. The number of aromatic amines is 1. The van der Waals surface area contributed by atoms with Gasteiger partial charge in [0.1, 0.15) is 5.56 Å². The fraction of sp³-hybridized carbons (Fsp3) is 0.167. The van der Waals surface area contributed by atoms with Crippen LogP contribution in [0.3, 0.4) is 0 Å². The smallest absolute Gasteiger partial charge is 0.343 e. The standard InChI is InChI=1S/C12H12N2O3/c1-2-17-12(16)9-6-14-10-4-3-7(13)5-8(10)11(9)15/h3-6H,2,13H2,1H3,(H,14,15). The monoisotopic (exact) mass is 232 g/mol. The molecule has 0 aliphatic carbocycles. The third kappa shape index (κ3) is 1.99. The van der Waals surface area contributed by atoms with Crippen LogP contribution < -0.4 is 11.2 Å². The van der Waals surface area contributed by atoms with Crippen molar-refractivity contribution in [1.29, 1.82) is 0 Å². The van der Waals surface area contributed by atoms with Gasteiger partial charge in [-0.25, -0.2) is 4.79 Å². The van der Waals surface area contributed by atoms with Crippen molar-refractivity contribution < 1.29 is 9.53 Å². The molecule has 0 aliphatic rings. The minimum atomic E-state index is -0.627. The van der Waals surface area contributed by atoms with Crippen molar-refractivity contribution >= 4 is 22.6 Å². The van der Waals surface area contributed by atoms with E-state index in [1.165, 1.54) is 12.3 Å². The van der Waals surface area contributed by atoms with Crippen LogP contribution in [0.25, 0.3) is 10.9 Å². The van der Waals surface area contributed by atoms with Crippen molar-refractivity contribution in [2.24, 2.45) is 0 Å². The number of hydrogen-bond donors (Lipinski definition) is 2. The number of ether oxygens (including phenoxy) is 1. The summed E-state index contributed by atoms with van der Waals surface area (Å²) in [5.41, 5.74) is 6.34. The molecule has 0 bridgehead atoms. The molecule has 0 aliphatic heterocycles. The molecule has 1 aromatic heterocycles. The Kier molecular flexibility index (Phi) is 2.82. The molecule has 0 spiro atoms. The molecule has 2 aromatic rings. The molecule has 2 rings (SSSR count). The Morgan fingerprint density at radius 2 is 2.24 bits per heavy atom. The van der Waals surface area contributed by atoms with Crippen molar-refractivity contribution in [2.45, 2.75) is 6.92 Å². The molecule has 88 valence electrons. The van der Waals surface area contributed by atoms with E-state index >= 15 is 0 Å². The van der Waals surface area contributed by atoms with Crippen LogP contribution in [0.15, 0.2) is 29.2 Å². The van der Waals surface area contributed by atoms with Crippen LogP contribution in [0.4, 0.5) is 5.69 Å². The zero-order valence-electron chi connectivity index (χ0n) is 9.32. The first-order valence-electron chi connectivity index (χ1n) is 5.21. The number of aromatic nitrogens is 1. The van der Waals surface area contributed by atoms with E-state index in [-0.39, 0.29) is 17.6 Å². The van der Waals surface area contributed by atoms with Crippen LogP contribution in [0.2, 0.25) is 0 Å². The van der Waals surface area contributed by atoms with E-state index in [0.717, 1.165) is 0 Å². The number of carbonyl (C=O) groups is 1. The molecule has 0 atom stereocenters. The Labute approximate surface area is 97.2 Å². The number of nitrogen functional groups attached to an aromatic ring is 1. The summed E-state index contributed by atoms with van der Waals surface area (Å²) in [5, 5.41) is 0.385. The number of esters is 1. The van der Waals surface area contributed by atoms with Gasteiger partial charge in [0.25, 0.3) is 0 Å². The van der Waals surface area contributed by atoms with Crippen molar-refractivity contribution in [2.75, 3.05) is 12.3 Å². The summed E-state index contributed by atoms with van der Waals surface area (Å²) < 4.78 is 4.80. The summed E-state index contributed by atoms with van der Waals surface area (Å²) in [5.74, 6) is -0.627. The Morgan fingerprint density at radius 1 is 1.47 bits per heavy atom. The number of hydrogen-bond acceptors (Lipinski definition) is 4. The molecule has 0 radical (unpaired) electrons. The maximum absolute atomic E-state index is 12.0. The first-order chi connectivity index (χ1) is 8.13. The summed E-state index contributed by atoms with van der Waals surface area (Å²) in [6, 6.07) is 4.92. The second-order valence-electron chi connectivity index (χ2n) is 3.56. The number of benzene rings is 1. The van der Waals surface area contributed by atoms with E-state index in [2.05, 4.69) is 4.98 Å². The van der Waals surface area contributed by atoms with Crippen LogP contribution in [0.5, 0.6) is 0 Å². The van der Waals surface area contributed by atoms with Crippen LogP contribution in [0.1, 0.15) is 17.3 Å². The average Bonchev–Trinajstić information content (AvgIpc) is 2.30. The Hall–Kier alpha value is -2.30. The van der Waals surface area contributed by atoms with Crippen molar-refractivity contribution in [3.05, 3.63) is 40.2 Å². The molecule has 5 heteroatoms. The van der Waals surface area contributed by atoms with Gasteiger partial charge in [-0.1, -0.05) is 0 Å². The zero-order valence-corrected chi connectivity index (χ0v) is 9.32. The molecule has 1 heterocycles. The highest BCUT2D eigenvalue weighted by Gasteiger charge is 2.13. The van der Waals surface area contributed by atoms with Gasteiger partial charge >= 0.3 is 5.97 Å². The van der Waals surface area contributed by atoms with E-state index in [4.69, 9.17) is 10.5 Å². The Bertz CT molecular complexity index is 631. The van der Waals surface area contributed by atoms with Crippen LogP contribution in [-0.4, -0.2) is 17.6 Å². The normalized spacial score (nSPS) is 10.4. The lowest BCUT2D eigenvalue weighted by molar-refractivity contribution is 0.0524. The van der Waals surface area contributed by atoms with Gasteiger partial charge in [0.15, 0.2) is 0 Å². The summed E-state index contributed by atoms with van der Waals surface area (Å²) in [7, 11) is 0. The van der Waals surface area contributed by atoms with Gasteiger partial charge in [0.2, 0.25) is 5.43 Å². The SMILES string of the molecule is CCOC(=O)c1c[nH]c2ccc(N)cc2c1=O. The van der Waals surface area contributed by atoms with Crippen molar-refractivity contribution in [3.8, 4) is 0 Å². The maximum atomic E-state index is 12.0. The molecule has 5 nitrogen and oxygen atoms in total. The van der Waals surface area contributed by atoms with E-state index < -0.39 is 5.97 Å². The highest BCUT2D eigenvalue weighted by atomic mass is 16.5. The summed E-state index contributed by atoms with van der Waals surface area (Å²) in [6.07, 6.45) is 1.36. The number of rotatable bonds is 2. The number of H-pyrrole nitrogens is 1. The van der Waals surface area contributed by atoms with Crippen LogP contribution >= 0.6 is 0 Å². The van der Waals surface area contributed by atoms with Crippen LogP contribution in [-0.2, 0) is 4.74 Å². The summed E-state index contributed by atoms with van der Waals surface area (Å²) in [6.45, 7) is 1.92. The van der Waals surface area contributed by atoms with Crippen molar-refractivity contribution in [1.82, 2.24) is 4.98 Å². The number of carbonyl (C=O) groups excluding carboxylic acids is 1. The van der Waals surface area contributed by atoms with E-state index in [9.17, 15) is 9.59 Å². The van der Waals surface area contributed by atoms with Gasteiger partial charge in [-0.05, 0) is 25.1 Å². The lowest BCUT2D eigenvalue weighted by atomic mass is 10.1. The third-order valence-corrected chi connectivity index (χ3v) is 2.40. The number of nitrogens with one attached hydrogen (secondary N) is 1. The number of nitrogens with two attached hydrogens (primary N) is 1. The van der Waals surface area contributed by atoms with E-state index in [0.29, 0.717) is 16.6 Å². The Morgan fingerprint density at radius 3 is 2.94 bits per heavy atom. The van der Waals surface area contributed by atoms with Gasteiger partial charge in [-0.15, -0.1) is 0 Å². The zero-order chi connectivity index (χ0) is 12.4. The van der Waals surface area contributed by atoms with Crippen molar-refractivity contribution in [3.63, 3.8) is 0 Å². The first kappa shape index (κ1) is 11.2. The highest BCUT2D eigenvalue weighted by Crippen LogP contribution is 2.12.